The number of aryl methyl sites for hydroxylation is 2. The van der Waals surface area contributed by atoms with Crippen LogP contribution in [0.3, 0.4) is 0 Å². The molecule has 2 heterocycles. The Morgan fingerprint density at radius 3 is 2.66 bits per heavy atom. The fraction of sp³-hybridized carbons (Fsp3) is 0.174. The topological polar surface area (TPSA) is 96.7 Å². The lowest BCUT2D eigenvalue weighted by molar-refractivity contribution is 0.100. The predicted octanol–water partition coefficient (Wildman–Crippen LogP) is 4.21. The molecule has 4 rings (SSSR count). The number of H-pyrrole nitrogens is 1. The quantitative estimate of drug-likeness (QED) is 0.463. The van der Waals surface area contributed by atoms with Crippen LogP contribution in [0.25, 0.3) is 22.3 Å². The van der Waals surface area contributed by atoms with Crippen LogP contribution in [-0.4, -0.2) is 20.9 Å². The second-order valence-corrected chi connectivity index (χ2v) is 6.98. The molecule has 0 atom stereocenters. The van der Waals surface area contributed by atoms with Crippen molar-refractivity contribution in [2.75, 3.05) is 5.32 Å². The first kappa shape index (κ1) is 18.7. The monoisotopic (exact) mass is 385 g/mol. The first-order valence-corrected chi connectivity index (χ1v) is 9.63. The third-order valence-corrected chi connectivity index (χ3v) is 5.05. The van der Waals surface area contributed by atoms with Crippen molar-refractivity contribution in [1.82, 2.24) is 15.0 Å². The number of carbonyl (C=O) groups excluding carboxylic acids is 1. The van der Waals surface area contributed by atoms with Crippen LogP contribution in [-0.2, 0) is 13.0 Å². The van der Waals surface area contributed by atoms with E-state index in [2.05, 4.69) is 34.3 Å². The Morgan fingerprint density at radius 1 is 1.14 bits per heavy atom. The van der Waals surface area contributed by atoms with Gasteiger partial charge in [0.2, 0.25) is 5.91 Å². The highest BCUT2D eigenvalue weighted by atomic mass is 16.1. The summed E-state index contributed by atoms with van der Waals surface area (Å²) in [5.41, 5.74) is 10.8. The molecule has 4 N–H and O–H groups in total. The first-order chi connectivity index (χ1) is 14.1. The Kier molecular flexibility index (Phi) is 4.99. The minimum absolute atomic E-state index is 0.462. The second kappa shape index (κ2) is 7.75. The minimum atomic E-state index is -0.469. The van der Waals surface area contributed by atoms with Gasteiger partial charge in [-0.25, -0.2) is 9.97 Å². The van der Waals surface area contributed by atoms with Gasteiger partial charge in [0, 0.05) is 46.0 Å². The molecule has 2 aromatic heterocycles. The molecule has 6 nitrogen and oxygen atoms in total. The summed E-state index contributed by atoms with van der Waals surface area (Å²) in [5, 5.41) is 4.19. The number of rotatable bonds is 6. The molecule has 0 aliphatic rings. The number of carbonyl (C=O) groups is 1. The molecule has 0 bridgehead atoms. The molecule has 0 saturated carbocycles. The van der Waals surface area contributed by atoms with Gasteiger partial charge < -0.3 is 16.0 Å². The van der Waals surface area contributed by atoms with Crippen LogP contribution in [0.15, 0.2) is 54.7 Å². The van der Waals surface area contributed by atoms with Crippen molar-refractivity contribution in [3.8, 4) is 11.4 Å². The van der Waals surface area contributed by atoms with Gasteiger partial charge in [0.25, 0.3) is 0 Å². The van der Waals surface area contributed by atoms with Crippen molar-refractivity contribution in [1.29, 1.82) is 0 Å². The van der Waals surface area contributed by atoms with Crippen LogP contribution in [0.1, 0.15) is 34.1 Å². The second-order valence-electron chi connectivity index (χ2n) is 6.98. The maximum Gasteiger partial charge on any atom is 0.249 e. The van der Waals surface area contributed by atoms with Crippen LogP contribution >= 0.6 is 0 Å². The number of hydrogen-bond donors (Lipinski definition) is 3. The number of anilines is 1. The molecule has 0 unspecified atom stereocenters. The maximum atomic E-state index is 12.0. The lowest BCUT2D eigenvalue weighted by atomic mass is 10.0. The zero-order valence-electron chi connectivity index (χ0n) is 16.5. The highest BCUT2D eigenvalue weighted by Gasteiger charge is 2.19. The number of amides is 1. The molecule has 1 amide bonds. The number of aromatic amines is 1. The van der Waals surface area contributed by atoms with E-state index in [1.54, 1.807) is 6.07 Å². The summed E-state index contributed by atoms with van der Waals surface area (Å²) in [6.07, 6.45) is 2.66. The van der Waals surface area contributed by atoms with Gasteiger partial charge in [-0.1, -0.05) is 43.3 Å². The highest BCUT2D eigenvalue weighted by molar-refractivity contribution is 6.11. The van der Waals surface area contributed by atoms with Crippen LogP contribution < -0.4 is 11.1 Å². The number of fused-ring (bicyclic) bond motifs is 1. The molecule has 2 aromatic carbocycles. The highest BCUT2D eigenvalue weighted by Crippen LogP contribution is 2.33. The van der Waals surface area contributed by atoms with Crippen molar-refractivity contribution in [3.63, 3.8) is 0 Å². The van der Waals surface area contributed by atoms with Crippen molar-refractivity contribution in [3.05, 3.63) is 77.1 Å². The molecule has 4 aromatic rings. The van der Waals surface area contributed by atoms with Gasteiger partial charge in [0.15, 0.2) is 5.82 Å². The number of nitrogens with two attached hydrogens (primary N) is 1. The van der Waals surface area contributed by atoms with Crippen LogP contribution in [0.5, 0.6) is 0 Å². The summed E-state index contributed by atoms with van der Waals surface area (Å²) in [7, 11) is 0. The molecule has 29 heavy (non-hydrogen) atoms. The van der Waals surface area contributed by atoms with Crippen molar-refractivity contribution < 1.29 is 4.79 Å². The Morgan fingerprint density at radius 2 is 1.93 bits per heavy atom. The molecule has 6 heteroatoms. The normalized spacial score (nSPS) is 11.0. The summed E-state index contributed by atoms with van der Waals surface area (Å²) in [6, 6.07) is 15.7. The van der Waals surface area contributed by atoms with E-state index in [0.717, 1.165) is 40.0 Å². The molecule has 0 fully saturated rings. The van der Waals surface area contributed by atoms with Gasteiger partial charge in [-0.15, -0.1) is 0 Å². The Bertz CT molecular complexity index is 1180. The Hall–Kier alpha value is -3.67. The molecule has 0 saturated heterocycles. The van der Waals surface area contributed by atoms with Gasteiger partial charge in [-0.05, 0) is 31.0 Å². The van der Waals surface area contributed by atoms with E-state index < -0.39 is 5.91 Å². The Balaban J connectivity index is 1.80. The average molecular weight is 385 g/mol. The standard InChI is InChI=1S/C23H23N5O/c1-3-16-13-26-23(28-22(16)25-12-15-8-5-4-6-9-15)19-14(2)27-18-11-7-10-17(20(18)19)21(24)29/h4-11,13,27H,3,12H2,1-2H3,(H2,24,29)(H,25,26,28). The maximum absolute atomic E-state index is 12.0. The van der Waals surface area contributed by atoms with Crippen molar-refractivity contribution in [2.45, 2.75) is 26.8 Å². The smallest absolute Gasteiger partial charge is 0.249 e. The third-order valence-electron chi connectivity index (χ3n) is 5.05. The van der Waals surface area contributed by atoms with Crippen LogP contribution in [0.2, 0.25) is 0 Å². The average Bonchev–Trinajstić information content (AvgIpc) is 3.08. The van der Waals surface area contributed by atoms with Crippen LogP contribution in [0, 0.1) is 6.92 Å². The zero-order chi connectivity index (χ0) is 20.4. The lowest BCUT2D eigenvalue weighted by Gasteiger charge is -2.12. The SMILES string of the molecule is CCc1cnc(-c2c(C)[nH]c3cccc(C(N)=O)c23)nc1NCc1ccccc1. The molecule has 0 spiro atoms. The number of nitrogens with zero attached hydrogens (tertiary/aromatic N) is 2. The van der Waals surface area contributed by atoms with Gasteiger partial charge in [0.05, 0.1) is 0 Å². The van der Waals surface area contributed by atoms with E-state index in [1.807, 2.05) is 43.5 Å². The van der Waals surface area contributed by atoms with Gasteiger partial charge in [-0.2, -0.15) is 0 Å². The number of nitrogens with one attached hydrogen (secondary N) is 2. The number of primary amides is 1. The summed E-state index contributed by atoms with van der Waals surface area (Å²) in [5.74, 6) is 0.894. The number of hydrogen-bond acceptors (Lipinski definition) is 4. The van der Waals surface area contributed by atoms with E-state index in [1.165, 1.54) is 5.56 Å². The van der Waals surface area contributed by atoms with E-state index in [-0.39, 0.29) is 0 Å². The van der Waals surface area contributed by atoms with Crippen molar-refractivity contribution in [2.24, 2.45) is 5.73 Å². The van der Waals surface area contributed by atoms with E-state index in [0.29, 0.717) is 17.9 Å². The largest absolute Gasteiger partial charge is 0.366 e. The number of benzene rings is 2. The molecule has 0 aliphatic carbocycles. The predicted molar refractivity (Wildman–Crippen MR) is 116 cm³/mol. The van der Waals surface area contributed by atoms with Gasteiger partial charge in [-0.3, -0.25) is 4.79 Å². The van der Waals surface area contributed by atoms with E-state index in [4.69, 9.17) is 10.7 Å². The van der Waals surface area contributed by atoms with Crippen LogP contribution in [0.4, 0.5) is 5.82 Å². The Labute approximate surface area is 169 Å². The summed E-state index contributed by atoms with van der Waals surface area (Å²) in [4.78, 5) is 24.7. The van der Waals surface area contributed by atoms with Gasteiger partial charge >= 0.3 is 0 Å². The molecule has 0 radical (unpaired) electrons. The van der Waals surface area contributed by atoms with E-state index >= 15 is 0 Å². The summed E-state index contributed by atoms with van der Waals surface area (Å²) < 4.78 is 0. The summed E-state index contributed by atoms with van der Waals surface area (Å²) in [6.45, 7) is 4.70. The third kappa shape index (κ3) is 3.57. The zero-order valence-corrected chi connectivity index (χ0v) is 16.5. The fourth-order valence-corrected chi connectivity index (χ4v) is 3.58. The summed E-state index contributed by atoms with van der Waals surface area (Å²) >= 11 is 0. The van der Waals surface area contributed by atoms with E-state index in [9.17, 15) is 4.79 Å². The minimum Gasteiger partial charge on any atom is -0.366 e. The molecule has 0 aliphatic heterocycles. The first-order valence-electron chi connectivity index (χ1n) is 9.63. The lowest BCUT2D eigenvalue weighted by Crippen LogP contribution is -2.11. The molecular weight excluding hydrogens is 362 g/mol. The fourth-order valence-electron chi connectivity index (χ4n) is 3.58. The number of aromatic nitrogens is 3. The van der Waals surface area contributed by atoms with Crippen molar-refractivity contribution >= 4 is 22.6 Å². The molecule has 146 valence electrons. The van der Waals surface area contributed by atoms with Gasteiger partial charge in [0.1, 0.15) is 5.82 Å². The molecular formula is C23H23N5O.